The van der Waals surface area contributed by atoms with Crippen LogP contribution in [0.15, 0.2) is 24.3 Å². The van der Waals surface area contributed by atoms with E-state index in [1.165, 1.54) is 5.56 Å². The van der Waals surface area contributed by atoms with Gasteiger partial charge >= 0.3 is 0 Å². The number of amides is 1. The van der Waals surface area contributed by atoms with E-state index in [4.69, 9.17) is 4.74 Å². The highest BCUT2D eigenvalue weighted by Gasteiger charge is 2.21. The highest BCUT2D eigenvalue weighted by atomic mass is 16.5. The van der Waals surface area contributed by atoms with Crippen molar-refractivity contribution in [1.29, 1.82) is 0 Å². The normalized spacial score (nSPS) is 18.2. The van der Waals surface area contributed by atoms with Gasteiger partial charge in [0, 0.05) is 19.0 Å². The van der Waals surface area contributed by atoms with Crippen LogP contribution in [0.25, 0.3) is 0 Å². The van der Waals surface area contributed by atoms with Crippen LogP contribution in [-0.4, -0.2) is 31.1 Å². The second kappa shape index (κ2) is 7.29. The second-order valence-electron chi connectivity index (χ2n) is 5.44. The van der Waals surface area contributed by atoms with Gasteiger partial charge in [-0.2, -0.15) is 0 Å². The van der Waals surface area contributed by atoms with E-state index in [1.54, 1.807) is 0 Å². The van der Waals surface area contributed by atoms with E-state index in [9.17, 15) is 4.79 Å². The fourth-order valence-corrected chi connectivity index (χ4v) is 2.55. The summed E-state index contributed by atoms with van der Waals surface area (Å²) in [4.78, 5) is 11.7. The number of para-hydroxylation sites is 1. The number of fused-ring (bicyclic) bond motifs is 1. The van der Waals surface area contributed by atoms with E-state index < -0.39 is 0 Å². The Bertz CT molecular complexity index is 423. The maximum absolute atomic E-state index is 11.7. The van der Waals surface area contributed by atoms with Gasteiger partial charge in [-0.05, 0) is 25.0 Å². The summed E-state index contributed by atoms with van der Waals surface area (Å²) in [5.74, 6) is 1.03. The fraction of sp³-hybridized carbons (Fsp3) is 0.562. The van der Waals surface area contributed by atoms with E-state index >= 15 is 0 Å². The Morgan fingerprint density at radius 3 is 3.00 bits per heavy atom. The van der Waals surface area contributed by atoms with Gasteiger partial charge in [-0.3, -0.25) is 4.79 Å². The van der Waals surface area contributed by atoms with Crippen molar-refractivity contribution >= 4 is 5.91 Å². The first kappa shape index (κ1) is 14.9. The lowest BCUT2D eigenvalue weighted by atomic mass is 10.1. The molecule has 110 valence electrons. The number of benzene rings is 1. The maximum atomic E-state index is 11.7. The first-order valence-electron chi connectivity index (χ1n) is 7.43. The number of carbonyl (C=O) groups excluding carboxylic acids is 1. The molecular formula is C16H24N2O2. The Balaban J connectivity index is 1.64. The van der Waals surface area contributed by atoms with E-state index in [0.717, 1.165) is 25.0 Å². The molecule has 0 radical (unpaired) electrons. The second-order valence-corrected chi connectivity index (χ2v) is 5.44. The van der Waals surface area contributed by atoms with Gasteiger partial charge in [-0.25, -0.2) is 0 Å². The van der Waals surface area contributed by atoms with Gasteiger partial charge < -0.3 is 15.4 Å². The predicted molar refractivity (Wildman–Crippen MR) is 79.9 cm³/mol. The summed E-state index contributed by atoms with van der Waals surface area (Å²) in [5.41, 5.74) is 1.25. The molecule has 1 aromatic carbocycles. The number of hydrogen-bond acceptors (Lipinski definition) is 3. The van der Waals surface area contributed by atoms with Gasteiger partial charge in [-0.15, -0.1) is 0 Å². The van der Waals surface area contributed by atoms with Gasteiger partial charge in [0.25, 0.3) is 0 Å². The molecule has 1 aliphatic heterocycles. The lowest BCUT2D eigenvalue weighted by Crippen LogP contribution is -2.41. The largest absolute Gasteiger partial charge is 0.488 e. The fourth-order valence-electron chi connectivity index (χ4n) is 2.55. The Kier molecular flexibility index (Phi) is 5.41. The average molecular weight is 276 g/mol. The molecule has 0 aliphatic carbocycles. The van der Waals surface area contributed by atoms with Gasteiger partial charge in [-0.1, -0.05) is 31.5 Å². The average Bonchev–Trinajstić information content (AvgIpc) is 2.81. The highest BCUT2D eigenvalue weighted by molar-refractivity contribution is 5.78. The molecule has 4 nitrogen and oxygen atoms in total. The molecule has 0 aromatic heterocycles. The zero-order valence-corrected chi connectivity index (χ0v) is 12.3. The van der Waals surface area contributed by atoms with Crippen LogP contribution >= 0.6 is 0 Å². The SMILES string of the molecule is CCCC(C)NC(=O)CNCC1Cc2ccccc2O1. The number of hydrogen-bond donors (Lipinski definition) is 2. The Morgan fingerprint density at radius 2 is 2.25 bits per heavy atom. The third-order valence-electron chi connectivity index (χ3n) is 3.50. The van der Waals surface area contributed by atoms with Crippen molar-refractivity contribution in [1.82, 2.24) is 10.6 Å². The molecular weight excluding hydrogens is 252 g/mol. The van der Waals surface area contributed by atoms with Crippen molar-refractivity contribution in [2.45, 2.75) is 45.3 Å². The molecule has 2 rings (SSSR count). The molecule has 2 N–H and O–H groups in total. The van der Waals surface area contributed by atoms with Crippen LogP contribution in [0.5, 0.6) is 5.75 Å². The van der Waals surface area contributed by atoms with Crippen molar-refractivity contribution < 1.29 is 9.53 Å². The molecule has 0 fully saturated rings. The summed E-state index contributed by atoms with van der Waals surface area (Å²) < 4.78 is 5.81. The van der Waals surface area contributed by atoms with Crippen LogP contribution in [0.1, 0.15) is 32.3 Å². The summed E-state index contributed by atoms with van der Waals surface area (Å²) in [5, 5.41) is 6.15. The van der Waals surface area contributed by atoms with E-state index in [1.807, 2.05) is 25.1 Å². The molecule has 0 saturated heterocycles. The monoisotopic (exact) mass is 276 g/mol. The smallest absolute Gasteiger partial charge is 0.234 e. The minimum atomic E-state index is 0.0569. The van der Waals surface area contributed by atoms with Crippen LogP contribution in [0, 0.1) is 0 Å². The van der Waals surface area contributed by atoms with Crippen molar-refractivity contribution in [3.63, 3.8) is 0 Å². The molecule has 2 unspecified atom stereocenters. The number of nitrogens with one attached hydrogen (secondary N) is 2. The molecule has 0 saturated carbocycles. The summed E-state index contributed by atoms with van der Waals surface area (Å²) in [6.45, 7) is 5.21. The van der Waals surface area contributed by atoms with E-state index in [0.29, 0.717) is 13.1 Å². The van der Waals surface area contributed by atoms with Crippen LogP contribution in [0.3, 0.4) is 0 Å². The first-order chi connectivity index (χ1) is 9.69. The maximum Gasteiger partial charge on any atom is 0.234 e. The Hall–Kier alpha value is -1.55. The standard InChI is InChI=1S/C16H24N2O2/c1-3-6-12(2)18-16(19)11-17-10-14-9-13-7-4-5-8-15(13)20-14/h4-5,7-8,12,14,17H,3,6,9-11H2,1-2H3,(H,18,19). The van der Waals surface area contributed by atoms with Gasteiger partial charge in [0.2, 0.25) is 5.91 Å². The predicted octanol–water partition coefficient (Wildman–Crippen LogP) is 1.88. The first-order valence-corrected chi connectivity index (χ1v) is 7.43. The molecule has 1 aliphatic rings. The van der Waals surface area contributed by atoms with Gasteiger partial charge in [0.1, 0.15) is 11.9 Å². The molecule has 0 bridgehead atoms. The zero-order valence-electron chi connectivity index (χ0n) is 12.3. The summed E-state index contributed by atoms with van der Waals surface area (Å²) in [6, 6.07) is 8.35. The third-order valence-corrected chi connectivity index (χ3v) is 3.50. The number of rotatable bonds is 7. The summed E-state index contributed by atoms with van der Waals surface area (Å²) in [6.07, 6.45) is 3.15. The minimum absolute atomic E-state index is 0.0569. The Morgan fingerprint density at radius 1 is 1.45 bits per heavy atom. The van der Waals surface area contributed by atoms with Crippen LogP contribution < -0.4 is 15.4 Å². The summed E-state index contributed by atoms with van der Waals surface area (Å²) >= 11 is 0. The molecule has 2 atom stereocenters. The molecule has 1 heterocycles. The molecule has 1 amide bonds. The van der Waals surface area contributed by atoms with Crippen LogP contribution in [0.4, 0.5) is 0 Å². The van der Waals surface area contributed by atoms with Crippen molar-refractivity contribution in [2.75, 3.05) is 13.1 Å². The zero-order chi connectivity index (χ0) is 14.4. The number of carbonyl (C=O) groups is 1. The van der Waals surface area contributed by atoms with E-state index in [-0.39, 0.29) is 18.1 Å². The molecule has 0 spiro atoms. The molecule has 4 heteroatoms. The molecule has 1 aromatic rings. The summed E-state index contributed by atoms with van der Waals surface area (Å²) in [7, 11) is 0. The van der Waals surface area contributed by atoms with Crippen molar-refractivity contribution in [3.05, 3.63) is 29.8 Å². The van der Waals surface area contributed by atoms with Crippen molar-refractivity contribution in [3.8, 4) is 5.75 Å². The molecule has 20 heavy (non-hydrogen) atoms. The lowest BCUT2D eigenvalue weighted by Gasteiger charge is -2.14. The Labute approximate surface area is 120 Å². The highest BCUT2D eigenvalue weighted by Crippen LogP contribution is 2.27. The quantitative estimate of drug-likeness (QED) is 0.799. The van der Waals surface area contributed by atoms with Gasteiger partial charge in [0.05, 0.1) is 6.54 Å². The number of ether oxygens (including phenoxy) is 1. The third kappa shape index (κ3) is 4.23. The van der Waals surface area contributed by atoms with Crippen LogP contribution in [0.2, 0.25) is 0 Å². The lowest BCUT2D eigenvalue weighted by molar-refractivity contribution is -0.120. The van der Waals surface area contributed by atoms with Crippen LogP contribution in [-0.2, 0) is 11.2 Å². The topological polar surface area (TPSA) is 50.4 Å². The van der Waals surface area contributed by atoms with E-state index in [2.05, 4.69) is 23.6 Å². The van der Waals surface area contributed by atoms with Crippen molar-refractivity contribution in [2.24, 2.45) is 0 Å². The minimum Gasteiger partial charge on any atom is -0.488 e. The van der Waals surface area contributed by atoms with Gasteiger partial charge in [0.15, 0.2) is 0 Å².